The molecular weight excluding hydrogens is 482 g/mol. The largest absolute Gasteiger partial charge is 0.328 e. The maximum absolute atomic E-state index is 14.1. The van der Waals surface area contributed by atoms with Gasteiger partial charge >= 0.3 is 0 Å². The van der Waals surface area contributed by atoms with Crippen molar-refractivity contribution in [2.75, 3.05) is 6.54 Å². The van der Waals surface area contributed by atoms with Crippen molar-refractivity contribution in [3.8, 4) is 5.69 Å². The molecule has 0 bridgehead atoms. The molecular formula is C34H33N3O2. The van der Waals surface area contributed by atoms with Crippen LogP contribution in [0, 0.1) is 20.8 Å². The van der Waals surface area contributed by atoms with Crippen LogP contribution in [0.3, 0.4) is 0 Å². The summed E-state index contributed by atoms with van der Waals surface area (Å²) in [7, 11) is 0. The molecule has 39 heavy (non-hydrogen) atoms. The Morgan fingerprint density at radius 3 is 2.28 bits per heavy atom. The minimum absolute atomic E-state index is 0.0777. The van der Waals surface area contributed by atoms with Crippen molar-refractivity contribution < 1.29 is 4.79 Å². The van der Waals surface area contributed by atoms with Crippen LogP contribution < -0.4 is 5.56 Å². The lowest BCUT2D eigenvalue weighted by Crippen LogP contribution is -2.39. The van der Waals surface area contributed by atoms with E-state index in [-0.39, 0.29) is 11.5 Å². The lowest BCUT2D eigenvalue weighted by molar-refractivity contribution is 0.0683. The van der Waals surface area contributed by atoms with E-state index in [2.05, 4.69) is 18.2 Å². The van der Waals surface area contributed by atoms with Gasteiger partial charge in [-0.25, -0.2) is 4.98 Å². The highest BCUT2D eigenvalue weighted by Gasteiger charge is 2.28. The molecule has 1 unspecified atom stereocenters. The minimum atomic E-state index is -0.473. The van der Waals surface area contributed by atoms with Gasteiger partial charge in [-0.1, -0.05) is 78.4 Å². The van der Waals surface area contributed by atoms with Crippen LogP contribution in [-0.2, 0) is 6.42 Å². The normalized spacial score (nSPS) is 11.9. The average Bonchev–Trinajstić information content (AvgIpc) is 2.94. The third-order valence-electron chi connectivity index (χ3n) is 7.36. The predicted molar refractivity (Wildman–Crippen MR) is 158 cm³/mol. The lowest BCUT2D eigenvalue weighted by atomic mass is 10.0. The Bertz CT molecular complexity index is 1710. The van der Waals surface area contributed by atoms with Crippen LogP contribution in [0.1, 0.15) is 51.4 Å². The Morgan fingerprint density at radius 2 is 1.54 bits per heavy atom. The quantitative estimate of drug-likeness (QED) is 0.241. The van der Waals surface area contributed by atoms with Gasteiger partial charge in [-0.05, 0) is 75.1 Å². The van der Waals surface area contributed by atoms with Crippen molar-refractivity contribution in [3.63, 3.8) is 0 Å². The lowest BCUT2D eigenvalue weighted by Gasteiger charge is -2.31. The van der Waals surface area contributed by atoms with Crippen molar-refractivity contribution in [2.45, 2.75) is 40.2 Å². The highest BCUT2D eigenvalue weighted by molar-refractivity contribution is 5.96. The Balaban J connectivity index is 1.68. The van der Waals surface area contributed by atoms with E-state index >= 15 is 0 Å². The molecule has 0 radical (unpaired) electrons. The number of hydrogen-bond acceptors (Lipinski definition) is 3. The SMILES string of the molecule is Cc1ccc(-n2c(C(C)N(CCc3ccccc3)C(=O)c3ccccc3C)nc3ccccc3c2=O)c(C)c1. The second-order valence-electron chi connectivity index (χ2n) is 10.1. The fourth-order valence-electron chi connectivity index (χ4n) is 5.19. The first-order valence-electron chi connectivity index (χ1n) is 13.3. The van der Waals surface area contributed by atoms with Crippen molar-refractivity contribution in [1.29, 1.82) is 0 Å². The zero-order chi connectivity index (χ0) is 27.5. The molecule has 5 aromatic rings. The molecule has 1 aromatic heterocycles. The number of aryl methyl sites for hydroxylation is 3. The third kappa shape index (κ3) is 5.26. The summed E-state index contributed by atoms with van der Waals surface area (Å²) in [6.07, 6.45) is 0.685. The Hall–Kier alpha value is -4.51. The first-order chi connectivity index (χ1) is 18.8. The number of benzene rings is 4. The number of nitrogens with zero attached hydrogens (tertiary/aromatic N) is 3. The molecule has 5 nitrogen and oxygen atoms in total. The molecule has 1 amide bonds. The van der Waals surface area contributed by atoms with Crippen LogP contribution in [0.5, 0.6) is 0 Å². The fraction of sp³-hybridized carbons (Fsp3) is 0.206. The number of aromatic nitrogens is 2. The average molecular weight is 516 g/mol. The van der Waals surface area contributed by atoms with Gasteiger partial charge in [0.15, 0.2) is 0 Å². The maximum Gasteiger partial charge on any atom is 0.266 e. The van der Waals surface area contributed by atoms with E-state index < -0.39 is 6.04 Å². The molecule has 0 aliphatic rings. The standard InChI is InChI=1S/C34H33N3O2/c1-23-18-19-31(25(3)22-23)37-32(35-30-17-11-10-16-29(30)34(37)39)26(4)36(21-20-27-13-6-5-7-14-27)33(38)28-15-9-8-12-24(28)2/h5-19,22,26H,20-21H2,1-4H3. The van der Waals surface area contributed by atoms with Gasteiger partial charge in [0.05, 0.1) is 22.6 Å². The molecule has 5 heteroatoms. The van der Waals surface area contributed by atoms with Gasteiger partial charge in [0, 0.05) is 12.1 Å². The number of amides is 1. The Labute approximate surface area is 229 Å². The van der Waals surface area contributed by atoms with E-state index in [1.165, 1.54) is 0 Å². The molecule has 1 heterocycles. The molecule has 0 N–H and O–H groups in total. The second kappa shape index (κ2) is 11.1. The Kier molecular flexibility index (Phi) is 7.42. The van der Waals surface area contributed by atoms with Gasteiger partial charge in [-0.15, -0.1) is 0 Å². The highest BCUT2D eigenvalue weighted by atomic mass is 16.2. The molecule has 0 aliphatic carbocycles. The maximum atomic E-state index is 14.1. The Morgan fingerprint density at radius 1 is 0.846 bits per heavy atom. The smallest absolute Gasteiger partial charge is 0.266 e. The molecule has 196 valence electrons. The van der Waals surface area contributed by atoms with E-state index in [1.54, 1.807) is 4.57 Å². The molecule has 5 rings (SSSR count). The van der Waals surface area contributed by atoms with Gasteiger partial charge in [-0.2, -0.15) is 0 Å². The van der Waals surface area contributed by atoms with Gasteiger partial charge in [0.1, 0.15) is 5.82 Å². The van der Waals surface area contributed by atoms with Gasteiger partial charge in [0.2, 0.25) is 0 Å². The third-order valence-corrected chi connectivity index (χ3v) is 7.36. The van der Waals surface area contributed by atoms with Crippen molar-refractivity contribution in [3.05, 3.63) is 141 Å². The minimum Gasteiger partial charge on any atom is -0.328 e. The highest BCUT2D eigenvalue weighted by Crippen LogP contribution is 2.27. The van der Waals surface area contributed by atoms with Crippen LogP contribution in [0.25, 0.3) is 16.6 Å². The summed E-state index contributed by atoms with van der Waals surface area (Å²) in [5.41, 5.74) is 6.06. The first-order valence-corrected chi connectivity index (χ1v) is 13.3. The number of rotatable bonds is 7. The number of hydrogen-bond donors (Lipinski definition) is 0. The molecule has 0 saturated carbocycles. The van der Waals surface area contributed by atoms with Crippen LogP contribution in [0.2, 0.25) is 0 Å². The molecule has 0 fully saturated rings. The van der Waals surface area contributed by atoms with Crippen LogP contribution >= 0.6 is 0 Å². The van der Waals surface area contributed by atoms with Crippen LogP contribution in [0.15, 0.2) is 102 Å². The van der Waals surface area contributed by atoms with Gasteiger partial charge in [-0.3, -0.25) is 14.2 Å². The zero-order valence-corrected chi connectivity index (χ0v) is 22.9. The zero-order valence-electron chi connectivity index (χ0n) is 22.9. The summed E-state index contributed by atoms with van der Waals surface area (Å²) < 4.78 is 1.70. The first kappa shape index (κ1) is 26.1. The van der Waals surface area contributed by atoms with Gasteiger partial charge < -0.3 is 4.90 Å². The summed E-state index contributed by atoms with van der Waals surface area (Å²) in [6.45, 7) is 8.44. The van der Waals surface area contributed by atoms with Crippen LogP contribution in [-0.4, -0.2) is 26.9 Å². The monoisotopic (exact) mass is 515 g/mol. The van der Waals surface area contributed by atoms with E-state index in [9.17, 15) is 9.59 Å². The van der Waals surface area contributed by atoms with E-state index in [0.717, 1.165) is 27.9 Å². The van der Waals surface area contributed by atoms with Crippen molar-refractivity contribution >= 4 is 16.8 Å². The summed E-state index contributed by atoms with van der Waals surface area (Å²) in [4.78, 5) is 35.0. The van der Waals surface area contributed by atoms with Crippen LogP contribution in [0.4, 0.5) is 0 Å². The molecule has 0 spiro atoms. The van der Waals surface area contributed by atoms with E-state index in [4.69, 9.17) is 4.98 Å². The van der Waals surface area contributed by atoms with E-state index in [1.807, 2.05) is 111 Å². The number of carbonyl (C=O) groups excluding carboxylic acids is 1. The van der Waals surface area contributed by atoms with Crippen molar-refractivity contribution in [2.24, 2.45) is 0 Å². The van der Waals surface area contributed by atoms with Gasteiger partial charge in [0.25, 0.3) is 11.5 Å². The van der Waals surface area contributed by atoms with E-state index in [0.29, 0.717) is 35.3 Å². The number of fused-ring (bicyclic) bond motifs is 1. The second-order valence-corrected chi connectivity index (χ2v) is 10.1. The number of carbonyl (C=O) groups is 1. The summed E-state index contributed by atoms with van der Waals surface area (Å²) in [6, 6.07) is 30.8. The summed E-state index contributed by atoms with van der Waals surface area (Å²) in [5.74, 6) is 0.465. The molecule has 0 aliphatic heterocycles. The summed E-state index contributed by atoms with van der Waals surface area (Å²) >= 11 is 0. The molecule has 4 aromatic carbocycles. The molecule has 1 atom stereocenters. The summed E-state index contributed by atoms with van der Waals surface area (Å²) in [5, 5.41) is 0.550. The topological polar surface area (TPSA) is 55.2 Å². The molecule has 0 saturated heterocycles. The predicted octanol–water partition coefficient (Wildman–Crippen LogP) is 6.76. The van der Waals surface area contributed by atoms with Crippen molar-refractivity contribution in [1.82, 2.24) is 14.5 Å². The fourth-order valence-corrected chi connectivity index (χ4v) is 5.19. The number of para-hydroxylation sites is 1.